The molecule has 1 amide bonds. The number of hydrogen-bond donors (Lipinski definition) is 0. The Balaban J connectivity index is 1.70. The van der Waals surface area contributed by atoms with E-state index in [1.807, 2.05) is 43.9 Å². The molecule has 0 spiro atoms. The Kier molecular flexibility index (Phi) is 5.71. The van der Waals surface area contributed by atoms with Crippen molar-refractivity contribution in [1.82, 2.24) is 24.6 Å². The second-order valence-electron chi connectivity index (χ2n) is 8.12. The minimum Gasteiger partial charge on any atom is -0.353 e. The van der Waals surface area contributed by atoms with Crippen LogP contribution < -0.4 is 4.90 Å². The second-order valence-corrected chi connectivity index (χ2v) is 8.12. The van der Waals surface area contributed by atoms with E-state index in [1.165, 1.54) is 0 Å². The van der Waals surface area contributed by atoms with Crippen LogP contribution in [0.5, 0.6) is 0 Å². The van der Waals surface area contributed by atoms with Crippen LogP contribution in [-0.2, 0) is 11.2 Å². The van der Waals surface area contributed by atoms with Gasteiger partial charge in [0.15, 0.2) is 0 Å². The van der Waals surface area contributed by atoms with E-state index in [9.17, 15) is 9.18 Å². The van der Waals surface area contributed by atoms with Crippen LogP contribution in [0.25, 0.3) is 5.95 Å². The summed E-state index contributed by atoms with van der Waals surface area (Å²) in [6.45, 7) is 10.0. The average molecular weight is 423 g/mol. The van der Waals surface area contributed by atoms with Crippen LogP contribution in [0.2, 0.25) is 0 Å². The maximum atomic E-state index is 14.5. The molecule has 7 nitrogen and oxygen atoms in total. The van der Waals surface area contributed by atoms with E-state index >= 15 is 0 Å². The molecule has 8 heteroatoms. The largest absolute Gasteiger partial charge is 0.353 e. The first-order valence-electron chi connectivity index (χ1n) is 10.5. The summed E-state index contributed by atoms with van der Waals surface area (Å²) in [7, 11) is 0. The predicted molar refractivity (Wildman–Crippen MR) is 117 cm³/mol. The Labute approximate surface area is 181 Å². The molecule has 0 unspecified atom stereocenters. The number of benzene rings is 1. The van der Waals surface area contributed by atoms with Crippen LogP contribution >= 0.6 is 0 Å². The molecule has 4 rings (SSSR count). The van der Waals surface area contributed by atoms with Gasteiger partial charge in [0.05, 0.1) is 11.4 Å². The third-order valence-corrected chi connectivity index (χ3v) is 5.58. The smallest absolute Gasteiger partial charge is 0.252 e. The molecule has 0 saturated carbocycles. The van der Waals surface area contributed by atoms with Gasteiger partial charge in [-0.25, -0.2) is 14.1 Å². The van der Waals surface area contributed by atoms with Gasteiger partial charge in [0, 0.05) is 51.3 Å². The molecule has 1 aromatic carbocycles. The molecule has 2 aromatic heterocycles. The summed E-state index contributed by atoms with van der Waals surface area (Å²) in [6.07, 6.45) is 0.362. The SMILES string of the molecule is CC(=O)N1CCN(c2cc(Cc3ccc(C)cc3F)nc(-n3nc(C)cc3C)n2)CC1. The molecule has 1 aliphatic heterocycles. The van der Waals surface area contributed by atoms with E-state index in [0.29, 0.717) is 44.1 Å². The first-order chi connectivity index (χ1) is 14.8. The van der Waals surface area contributed by atoms with Gasteiger partial charge in [-0.2, -0.15) is 10.1 Å². The zero-order chi connectivity index (χ0) is 22.1. The normalized spacial score (nSPS) is 14.2. The third kappa shape index (κ3) is 4.57. The number of hydrogen-bond acceptors (Lipinski definition) is 5. The van der Waals surface area contributed by atoms with Crippen LogP contribution in [0.1, 0.15) is 35.1 Å². The van der Waals surface area contributed by atoms with Crippen molar-refractivity contribution in [1.29, 1.82) is 0 Å². The van der Waals surface area contributed by atoms with Gasteiger partial charge in [-0.3, -0.25) is 4.79 Å². The lowest BCUT2D eigenvalue weighted by Gasteiger charge is -2.35. The molecule has 1 aliphatic rings. The minimum atomic E-state index is -0.233. The lowest BCUT2D eigenvalue weighted by atomic mass is 10.1. The highest BCUT2D eigenvalue weighted by molar-refractivity contribution is 5.73. The monoisotopic (exact) mass is 422 g/mol. The van der Waals surface area contributed by atoms with Gasteiger partial charge in [-0.05, 0) is 44.0 Å². The van der Waals surface area contributed by atoms with Crippen LogP contribution in [0.15, 0.2) is 30.3 Å². The maximum absolute atomic E-state index is 14.5. The van der Waals surface area contributed by atoms with E-state index in [4.69, 9.17) is 9.97 Å². The van der Waals surface area contributed by atoms with Gasteiger partial charge >= 0.3 is 0 Å². The molecule has 3 aromatic rings. The quantitative estimate of drug-likeness (QED) is 0.647. The van der Waals surface area contributed by atoms with Crippen molar-refractivity contribution in [2.24, 2.45) is 0 Å². The molecule has 0 atom stereocenters. The van der Waals surface area contributed by atoms with Gasteiger partial charge < -0.3 is 9.80 Å². The fourth-order valence-corrected chi connectivity index (χ4v) is 3.89. The average Bonchev–Trinajstić information content (AvgIpc) is 3.08. The molecule has 0 radical (unpaired) electrons. The van der Waals surface area contributed by atoms with E-state index in [-0.39, 0.29) is 11.7 Å². The van der Waals surface area contributed by atoms with Crippen molar-refractivity contribution in [3.05, 3.63) is 64.4 Å². The fraction of sp³-hybridized carbons (Fsp3) is 0.391. The fourth-order valence-electron chi connectivity index (χ4n) is 3.89. The highest BCUT2D eigenvalue weighted by Crippen LogP contribution is 2.21. The molecule has 0 aliphatic carbocycles. The second kappa shape index (κ2) is 8.45. The Bertz CT molecular complexity index is 1120. The summed E-state index contributed by atoms with van der Waals surface area (Å²) >= 11 is 0. The zero-order valence-electron chi connectivity index (χ0n) is 18.4. The Morgan fingerprint density at radius 3 is 2.39 bits per heavy atom. The zero-order valence-corrected chi connectivity index (χ0v) is 18.4. The van der Waals surface area contributed by atoms with Gasteiger partial charge in [0.2, 0.25) is 5.91 Å². The van der Waals surface area contributed by atoms with E-state index in [0.717, 1.165) is 28.5 Å². The summed E-state index contributed by atoms with van der Waals surface area (Å²) in [5.41, 5.74) is 4.02. The molecular formula is C23H27FN6O. The Morgan fingerprint density at radius 1 is 1.03 bits per heavy atom. The standard InChI is InChI=1S/C23H27FN6O/c1-15-5-6-19(21(24)11-15)13-20-14-22(29-9-7-28(8-10-29)18(4)31)26-23(25-20)30-17(3)12-16(2)27-30/h5-6,11-12,14H,7-10,13H2,1-4H3. The van der Waals surface area contributed by atoms with Crippen molar-refractivity contribution in [3.63, 3.8) is 0 Å². The summed E-state index contributed by atoms with van der Waals surface area (Å²) in [5.74, 6) is 1.09. The number of halogens is 1. The number of aryl methyl sites for hydroxylation is 3. The van der Waals surface area contributed by atoms with Gasteiger partial charge in [0.1, 0.15) is 11.6 Å². The van der Waals surface area contributed by atoms with Crippen LogP contribution in [0.3, 0.4) is 0 Å². The van der Waals surface area contributed by atoms with Gasteiger partial charge in [0.25, 0.3) is 5.95 Å². The number of carbonyl (C=O) groups excluding carboxylic acids is 1. The van der Waals surface area contributed by atoms with Gasteiger partial charge in [-0.1, -0.05) is 12.1 Å². The van der Waals surface area contributed by atoms with Crippen molar-refractivity contribution >= 4 is 11.7 Å². The number of rotatable bonds is 4. The summed E-state index contributed by atoms with van der Waals surface area (Å²) in [5, 5.41) is 4.53. The number of piperazine rings is 1. The molecule has 0 bridgehead atoms. The molecule has 1 fully saturated rings. The number of carbonyl (C=O) groups is 1. The Morgan fingerprint density at radius 2 is 1.77 bits per heavy atom. The third-order valence-electron chi connectivity index (χ3n) is 5.58. The number of anilines is 1. The lowest BCUT2D eigenvalue weighted by Crippen LogP contribution is -2.48. The highest BCUT2D eigenvalue weighted by atomic mass is 19.1. The molecule has 31 heavy (non-hydrogen) atoms. The molecule has 3 heterocycles. The minimum absolute atomic E-state index is 0.0844. The van der Waals surface area contributed by atoms with E-state index in [2.05, 4.69) is 10.00 Å². The summed E-state index contributed by atoms with van der Waals surface area (Å²) in [6, 6.07) is 9.14. The molecular weight excluding hydrogens is 395 g/mol. The van der Waals surface area contributed by atoms with Crippen molar-refractivity contribution in [2.45, 2.75) is 34.1 Å². The first kappa shape index (κ1) is 21.0. The van der Waals surface area contributed by atoms with Crippen molar-refractivity contribution < 1.29 is 9.18 Å². The highest BCUT2D eigenvalue weighted by Gasteiger charge is 2.22. The Hall–Kier alpha value is -3.29. The van der Waals surface area contributed by atoms with Gasteiger partial charge in [-0.15, -0.1) is 0 Å². The lowest BCUT2D eigenvalue weighted by molar-refractivity contribution is -0.129. The number of aromatic nitrogens is 4. The molecule has 0 N–H and O–H groups in total. The number of amides is 1. The molecule has 162 valence electrons. The van der Waals surface area contributed by atoms with Crippen LogP contribution in [0, 0.1) is 26.6 Å². The van der Waals surface area contributed by atoms with E-state index < -0.39 is 0 Å². The van der Waals surface area contributed by atoms with Crippen LogP contribution in [0.4, 0.5) is 10.2 Å². The van der Waals surface area contributed by atoms with Crippen molar-refractivity contribution in [2.75, 3.05) is 31.1 Å². The van der Waals surface area contributed by atoms with Crippen LogP contribution in [-0.4, -0.2) is 56.7 Å². The predicted octanol–water partition coefficient (Wildman–Crippen LogP) is 2.99. The summed E-state index contributed by atoms with van der Waals surface area (Å²) in [4.78, 5) is 25.1. The topological polar surface area (TPSA) is 67.2 Å². The maximum Gasteiger partial charge on any atom is 0.252 e. The first-order valence-corrected chi connectivity index (χ1v) is 10.5. The molecule has 1 saturated heterocycles. The number of nitrogens with zero attached hydrogens (tertiary/aromatic N) is 6. The van der Waals surface area contributed by atoms with Crippen molar-refractivity contribution in [3.8, 4) is 5.95 Å². The summed E-state index contributed by atoms with van der Waals surface area (Å²) < 4.78 is 16.2. The van der Waals surface area contributed by atoms with E-state index in [1.54, 1.807) is 23.7 Å².